The standard InChI is InChI=1S/C17H24N4/c1-3-20-8-10-21(11-9-20)13-15-12-14-6-4-5-7-16(14)19-17(15)18-2/h4-7,12H,3,8-11,13H2,1-2H3,(H,18,19). The number of rotatable bonds is 4. The summed E-state index contributed by atoms with van der Waals surface area (Å²) < 4.78 is 0. The van der Waals surface area contributed by atoms with Gasteiger partial charge in [-0.15, -0.1) is 0 Å². The molecule has 1 aromatic carbocycles. The predicted octanol–water partition coefficient (Wildman–Crippen LogP) is 2.41. The quantitative estimate of drug-likeness (QED) is 0.934. The van der Waals surface area contributed by atoms with E-state index in [1.54, 1.807) is 0 Å². The Balaban J connectivity index is 1.79. The number of aromatic nitrogens is 1. The third-order valence-corrected chi connectivity index (χ3v) is 4.35. The molecule has 21 heavy (non-hydrogen) atoms. The van der Waals surface area contributed by atoms with Gasteiger partial charge >= 0.3 is 0 Å². The summed E-state index contributed by atoms with van der Waals surface area (Å²) in [6.07, 6.45) is 0. The summed E-state index contributed by atoms with van der Waals surface area (Å²) in [5.74, 6) is 1.01. The van der Waals surface area contributed by atoms with Crippen LogP contribution in [0.25, 0.3) is 10.9 Å². The maximum absolute atomic E-state index is 4.74. The number of nitrogens with one attached hydrogen (secondary N) is 1. The van der Waals surface area contributed by atoms with Crippen LogP contribution in [-0.4, -0.2) is 54.6 Å². The van der Waals surface area contributed by atoms with Gasteiger partial charge in [0.25, 0.3) is 0 Å². The topological polar surface area (TPSA) is 31.4 Å². The monoisotopic (exact) mass is 284 g/mol. The molecule has 3 rings (SSSR count). The van der Waals surface area contributed by atoms with E-state index in [4.69, 9.17) is 4.98 Å². The number of fused-ring (bicyclic) bond motifs is 1. The highest BCUT2D eigenvalue weighted by Crippen LogP contribution is 2.22. The molecule has 0 bridgehead atoms. The fourth-order valence-corrected chi connectivity index (χ4v) is 3.00. The van der Waals surface area contributed by atoms with E-state index in [0.717, 1.165) is 37.5 Å². The SMILES string of the molecule is CCN1CCN(Cc2cc3ccccc3nc2NC)CC1. The zero-order chi connectivity index (χ0) is 14.7. The molecule has 4 heteroatoms. The van der Waals surface area contributed by atoms with Crippen LogP contribution in [0.4, 0.5) is 5.82 Å². The first-order valence-electron chi connectivity index (χ1n) is 7.81. The van der Waals surface area contributed by atoms with E-state index >= 15 is 0 Å². The van der Waals surface area contributed by atoms with Crippen molar-refractivity contribution in [1.29, 1.82) is 0 Å². The molecule has 0 radical (unpaired) electrons. The molecule has 2 aromatic rings. The Hall–Kier alpha value is -1.65. The second-order valence-corrected chi connectivity index (χ2v) is 5.65. The Morgan fingerprint density at radius 1 is 1.10 bits per heavy atom. The van der Waals surface area contributed by atoms with E-state index in [0.29, 0.717) is 0 Å². The number of benzene rings is 1. The first-order valence-corrected chi connectivity index (χ1v) is 7.81. The Kier molecular flexibility index (Phi) is 4.36. The fraction of sp³-hybridized carbons (Fsp3) is 0.471. The fourth-order valence-electron chi connectivity index (χ4n) is 3.00. The van der Waals surface area contributed by atoms with Crippen LogP contribution in [0.1, 0.15) is 12.5 Å². The van der Waals surface area contributed by atoms with Crippen molar-refractivity contribution in [2.24, 2.45) is 0 Å². The minimum absolute atomic E-state index is 0.978. The van der Waals surface area contributed by atoms with Crippen LogP contribution in [0, 0.1) is 0 Å². The smallest absolute Gasteiger partial charge is 0.130 e. The molecule has 0 aliphatic carbocycles. The van der Waals surface area contributed by atoms with Gasteiger partial charge in [0.05, 0.1) is 5.52 Å². The highest BCUT2D eigenvalue weighted by Gasteiger charge is 2.17. The van der Waals surface area contributed by atoms with Crippen molar-refractivity contribution in [1.82, 2.24) is 14.8 Å². The molecule has 1 fully saturated rings. The van der Waals surface area contributed by atoms with Crippen LogP contribution in [-0.2, 0) is 6.54 Å². The van der Waals surface area contributed by atoms with Gasteiger partial charge in [-0.25, -0.2) is 4.98 Å². The summed E-state index contributed by atoms with van der Waals surface area (Å²) in [5, 5.41) is 4.47. The van der Waals surface area contributed by atoms with Crippen LogP contribution < -0.4 is 5.32 Å². The van der Waals surface area contributed by atoms with E-state index in [9.17, 15) is 0 Å². The Morgan fingerprint density at radius 3 is 2.52 bits per heavy atom. The predicted molar refractivity (Wildman–Crippen MR) is 88.7 cm³/mol. The van der Waals surface area contributed by atoms with Crippen molar-refractivity contribution in [3.63, 3.8) is 0 Å². The average Bonchev–Trinajstić information content (AvgIpc) is 2.55. The molecule has 0 amide bonds. The van der Waals surface area contributed by atoms with Gasteiger partial charge in [-0.05, 0) is 18.7 Å². The lowest BCUT2D eigenvalue weighted by atomic mass is 10.1. The van der Waals surface area contributed by atoms with E-state index in [1.807, 2.05) is 13.1 Å². The van der Waals surface area contributed by atoms with E-state index in [2.05, 4.69) is 46.3 Å². The van der Waals surface area contributed by atoms with Crippen molar-refractivity contribution in [3.05, 3.63) is 35.9 Å². The highest BCUT2D eigenvalue weighted by molar-refractivity contribution is 5.81. The molecule has 0 spiro atoms. The number of para-hydroxylation sites is 1. The number of anilines is 1. The largest absolute Gasteiger partial charge is 0.373 e. The van der Waals surface area contributed by atoms with Crippen molar-refractivity contribution >= 4 is 16.7 Å². The number of nitrogens with zero attached hydrogens (tertiary/aromatic N) is 3. The van der Waals surface area contributed by atoms with Gasteiger partial charge in [0.1, 0.15) is 5.82 Å². The Bertz CT molecular complexity index is 603. The first-order chi connectivity index (χ1) is 10.3. The number of pyridine rings is 1. The van der Waals surface area contributed by atoms with Crippen molar-refractivity contribution in [2.45, 2.75) is 13.5 Å². The zero-order valence-electron chi connectivity index (χ0n) is 13.0. The third-order valence-electron chi connectivity index (χ3n) is 4.35. The van der Waals surface area contributed by atoms with Crippen LogP contribution in [0.3, 0.4) is 0 Å². The summed E-state index contributed by atoms with van der Waals surface area (Å²) >= 11 is 0. The lowest BCUT2D eigenvalue weighted by Crippen LogP contribution is -2.45. The summed E-state index contributed by atoms with van der Waals surface area (Å²) in [7, 11) is 1.95. The minimum Gasteiger partial charge on any atom is -0.373 e. The van der Waals surface area contributed by atoms with Gasteiger partial charge in [0.2, 0.25) is 0 Å². The molecular formula is C17H24N4. The molecule has 2 heterocycles. The molecular weight excluding hydrogens is 260 g/mol. The van der Waals surface area contributed by atoms with Crippen molar-refractivity contribution < 1.29 is 0 Å². The maximum Gasteiger partial charge on any atom is 0.130 e. The van der Waals surface area contributed by atoms with E-state index in [-0.39, 0.29) is 0 Å². The van der Waals surface area contributed by atoms with Crippen molar-refractivity contribution in [3.8, 4) is 0 Å². The van der Waals surface area contributed by atoms with Crippen LogP contribution in [0.15, 0.2) is 30.3 Å². The second kappa shape index (κ2) is 6.41. The Morgan fingerprint density at radius 2 is 1.81 bits per heavy atom. The lowest BCUT2D eigenvalue weighted by Gasteiger charge is -2.34. The minimum atomic E-state index is 0.978. The molecule has 1 aromatic heterocycles. The average molecular weight is 284 g/mol. The van der Waals surface area contributed by atoms with E-state index in [1.165, 1.54) is 24.0 Å². The molecule has 112 valence electrons. The summed E-state index contributed by atoms with van der Waals surface area (Å²) in [6, 6.07) is 10.6. The maximum atomic E-state index is 4.74. The van der Waals surface area contributed by atoms with Gasteiger partial charge in [0.15, 0.2) is 0 Å². The highest BCUT2D eigenvalue weighted by atomic mass is 15.3. The zero-order valence-corrected chi connectivity index (χ0v) is 13.0. The first kappa shape index (κ1) is 14.3. The normalized spacial score (nSPS) is 17.2. The third kappa shape index (κ3) is 3.17. The number of hydrogen-bond acceptors (Lipinski definition) is 4. The summed E-state index contributed by atoms with van der Waals surface area (Å²) in [6.45, 7) is 9.01. The van der Waals surface area contributed by atoms with Gasteiger partial charge in [-0.1, -0.05) is 25.1 Å². The number of piperazine rings is 1. The number of likely N-dealkylation sites (N-methyl/N-ethyl adjacent to an activating group) is 1. The van der Waals surface area contributed by atoms with Gasteiger partial charge in [-0.3, -0.25) is 4.90 Å². The summed E-state index contributed by atoms with van der Waals surface area (Å²) in [5.41, 5.74) is 2.35. The molecule has 1 aliphatic heterocycles. The van der Waals surface area contributed by atoms with Gasteiger partial charge in [0, 0.05) is 50.7 Å². The van der Waals surface area contributed by atoms with E-state index < -0.39 is 0 Å². The molecule has 0 atom stereocenters. The van der Waals surface area contributed by atoms with Crippen LogP contribution >= 0.6 is 0 Å². The molecule has 4 nitrogen and oxygen atoms in total. The van der Waals surface area contributed by atoms with Crippen LogP contribution in [0.2, 0.25) is 0 Å². The van der Waals surface area contributed by atoms with Gasteiger partial charge in [-0.2, -0.15) is 0 Å². The number of hydrogen-bond donors (Lipinski definition) is 1. The second-order valence-electron chi connectivity index (χ2n) is 5.65. The van der Waals surface area contributed by atoms with Gasteiger partial charge < -0.3 is 10.2 Å². The molecule has 0 saturated carbocycles. The molecule has 1 N–H and O–H groups in total. The van der Waals surface area contributed by atoms with Crippen molar-refractivity contribution in [2.75, 3.05) is 45.1 Å². The lowest BCUT2D eigenvalue weighted by molar-refractivity contribution is 0.132. The molecule has 1 aliphatic rings. The summed E-state index contributed by atoms with van der Waals surface area (Å²) in [4.78, 5) is 9.78. The molecule has 1 saturated heterocycles. The molecule has 0 unspecified atom stereocenters. The Labute approximate surface area is 126 Å². The van der Waals surface area contributed by atoms with Crippen LogP contribution in [0.5, 0.6) is 0 Å².